The monoisotopic (exact) mass is 530 g/mol. The number of carboxylic acids is 1. The van der Waals surface area contributed by atoms with Crippen LogP contribution in [0.15, 0.2) is 73.3 Å². The summed E-state index contributed by atoms with van der Waals surface area (Å²) in [5, 5.41) is 9.47. The number of carboxylic acid groups (broad SMARTS) is 1. The van der Waals surface area contributed by atoms with E-state index in [0.717, 1.165) is 12.1 Å². The van der Waals surface area contributed by atoms with Crippen molar-refractivity contribution in [2.45, 2.75) is 38.5 Å². The number of alkyl halides is 3. The Bertz CT molecular complexity index is 1300. The zero-order chi connectivity index (χ0) is 27.9. The van der Waals surface area contributed by atoms with Crippen LogP contribution in [0.5, 0.6) is 5.75 Å². The number of carbonyl (C=O) groups excluding carboxylic acids is 1. The largest absolute Gasteiger partial charge is 0.490 e. The van der Waals surface area contributed by atoms with Gasteiger partial charge in [-0.15, -0.1) is 0 Å². The van der Waals surface area contributed by atoms with Gasteiger partial charge in [0.2, 0.25) is 0 Å². The normalized spacial score (nSPS) is 12.0. The number of rotatable bonds is 11. The first-order chi connectivity index (χ1) is 18.0. The smallest absolute Gasteiger partial charge is 0.425 e. The molecule has 0 bridgehead atoms. The lowest BCUT2D eigenvalue weighted by atomic mass is 9.92. The van der Waals surface area contributed by atoms with Crippen LogP contribution in [0.4, 0.5) is 17.6 Å². The van der Waals surface area contributed by atoms with Crippen molar-refractivity contribution in [1.29, 1.82) is 0 Å². The van der Waals surface area contributed by atoms with Gasteiger partial charge in [0.1, 0.15) is 18.2 Å². The third-order valence-electron chi connectivity index (χ3n) is 5.73. The second-order valence-electron chi connectivity index (χ2n) is 8.46. The molecular weight excluding hydrogens is 504 g/mol. The molecule has 0 heterocycles. The molecule has 3 aromatic carbocycles. The van der Waals surface area contributed by atoms with Crippen LogP contribution < -0.4 is 4.74 Å². The van der Waals surface area contributed by atoms with E-state index in [9.17, 15) is 27.9 Å². The summed E-state index contributed by atoms with van der Waals surface area (Å²) in [5.74, 6) is -3.13. The third kappa shape index (κ3) is 7.00. The van der Waals surface area contributed by atoms with Crippen molar-refractivity contribution in [1.82, 2.24) is 0 Å². The summed E-state index contributed by atoms with van der Waals surface area (Å²) in [6.07, 6.45) is -5.29. The number of halogens is 4. The van der Waals surface area contributed by atoms with E-state index in [1.165, 1.54) is 18.2 Å². The number of hydrogen-bond acceptors (Lipinski definition) is 4. The van der Waals surface area contributed by atoms with Gasteiger partial charge in [0, 0.05) is 0 Å². The van der Waals surface area contributed by atoms with Crippen LogP contribution in [0, 0.1) is 5.82 Å². The molecule has 1 N–H and O–H groups in total. The molecule has 0 radical (unpaired) electrons. The van der Waals surface area contributed by atoms with Crippen LogP contribution in [0.3, 0.4) is 0 Å². The zero-order valence-corrected chi connectivity index (χ0v) is 20.6. The molecule has 0 amide bonds. The molecule has 0 aromatic heterocycles. The molecule has 9 heteroatoms. The van der Waals surface area contributed by atoms with E-state index in [0.29, 0.717) is 35.5 Å². The van der Waals surface area contributed by atoms with E-state index < -0.39 is 42.0 Å². The Morgan fingerprint density at radius 1 is 1.00 bits per heavy atom. The van der Waals surface area contributed by atoms with E-state index in [1.54, 1.807) is 43.3 Å². The number of ether oxygens (including phenoxy) is 2. The highest BCUT2D eigenvalue weighted by atomic mass is 19.4. The summed E-state index contributed by atoms with van der Waals surface area (Å²) in [6, 6.07) is 14.6. The Morgan fingerprint density at radius 2 is 1.68 bits per heavy atom. The van der Waals surface area contributed by atoms with Crippen molar-refractivity contribution in [2.75, 3.05) is 6.61 Å². The first-order valence-electron chi connectivity index (χ1n) is 11.8. The maximum Gasteiger partial charge on any atom is 0.425 e. The fourth-order valence-electron chi connectivity index (χ4n) is 3.77. The predicted octanol–water partition coefficient (Wildman–Crippen LogP) is 7.70. The first-order valence-corrected chi connectivity index (χ1v) is 11.8. The van der Waals surface area contributed by atoms with Crippen molar-refractivity contribution in [3.05, 3.63) is 90.3 Å². The van der Waals surface area contributed by atoms with Crippen molar-refractivity contribution < 1.29 is 41.7 Å². The van der Waals surface area contributed by atoms with Gasteiger partial charge in [-0.25, -0.2) is 14.0 Å². The number of esters is 1. The van der Waals surface area contributed by atoms with Crippen molar-refractivity contribution in [3.63, 3.8) is 0 Å². The Morgan fingerprint density at radius 3 is 2.26 bits per heavy atom. The number of aromatic carboxylic acids is 1. The van der Waals surface area contributed by atoms with E-state index in [2.05, 4.69) is 11.3 Å². The molecule has 0 aliphatic carbocycles. The van der Waals surface area contributed by atoms with Gasteiger partial charge in [0.15, 0.2) is 6.10 Å². The maximum atomic E-state index is 15.0. The lowest BCUT2D eigenvalue weighted by molar-refractivity contribution is -0.206. The fourth-order valence-corrected chi connectivity index (χ4v) is 3.77. The second-order valence-corrected chi connectivity index (χ2v) is 8.46. The Labute approximate surface area is 217 Å². The quantitative estimate of drug-likeness (QED) is 0.156. The molecular formula is C29H26F4O5. The van der Waals surface area contributed by atoms with Crippen LogP contribution in [-0.4, -0.2) is 35.9 Å². The molecule has 38 heavy (non-hydrogen) atoms. The van der Waals surface area contributed by atoms with Gasteiger partial charge in [-0.2, -0.15) is 13.2 Å². The van der Waals surface area contributed by atoms with E-state index in [-0.39, 0.29) is 17.5 Å². The summed E-state index contributed by atoms with van der Waals surface area (Å²) in [4.78, 5) is 24.0. The van der Waals surface area contributed by atoms with Crippen LogP contribution in [0.1, 0.15) is 46.9 Å². The van der Waals surface area contributed by atoms with Crippen molar-refractivity contribution in [3.8, 4) is 28.0 Å². The molecule has 5 nitrogen and oxygen atoms in total. The second kappa shape index (κ2) is 12.4. The van der Waals surface area contributed by atoms with Crippen LogP contribution in [0.2, 0.25) is 0 Å². The molecule has 0 saturated heterocycles. The Balaban J connectivity index is 1.97. The van der Waals surface area contributed by atoms with Gasteiger partial charge in [0.05, 0.1) is 11.1 Å². The molecule has 3 aromatic rings. The van der Waals surface area contributed by atoms with Crippen molar-refractivity contribution >= 4 is 11.9 Å². The summed E-state index contributed by atoms with van der Waals surface area (Å²) in [6.45, 7) is 5.60. The molecule has 0 spiro atoms. The van der Waals surface area contributed by atoms with E-state index >= 15 is 4.39 Å². The highest BCUT2D eigenvalue weighted by molar-refractivity contribution is 5.95. The minimum Gasteiger partial charge on any atom is -0.490 e. The summed E-state index contributed by atoms with van der Waals surface area (Å²) >= 11 is 0. The predicted molar refractivity (Wildman–Crippen MR) is 135 cm³/mol. The lowest BCUT2D eigenvalue weighted by Crippen LogP contribution is -2.34. The number of benzene rings is 3. The first kappa shape index (κ1) is 28.4. The molecule has 1 atom stereocenters. The number of carbonyl (C=O) groups is 2. The van der Waals surface area contributed by atoms with Gasteiger partial charge in [-0.3, -0.25) is 0 Å². The summed E-state index contributed by atoms with van der Waals surface area (Å²) in [7, 11) is 0. The van der Waals surface area contributed by atoms with E-state index in [4.69, 9.17) is 4.74 Å². The molecule has 0 saturated carbocycles. The van der Waals surface area contributed by atoms with Gasteiger partial charge in [-0.1, -0.05) is 50.3 Å². The molecule has 200 valence electrons. The van der Waals surface area contributed by atoms with Crippen LogP contribution in [-0.2, 0) is 4.74 Å². The highest BCUT2D eigenvalue weighted by Crippen LogP contribution is 2.35. The van der Waals surface area contributed by atoms with E-state index in [1.807, 2.05) is 0 Å². The number of unbranched alkanes of at least 4 members (excludes halogenated alkanes) is 1. The van der Waals surface area contributed by atoms with Crippen molar-refractivity contribution in [2.24, 2.45) is 0 Å². The lowest BCUT2D eigenvalue weighted by Gasteiger charge is -2.20. The maximum absolute atomic E-state index is 15.0. The van der Waals surface area contributed by atoms with Crippen LogP contribution >= 0.6 is 0 Å². The molecule has 1 unspecified atom stereocenters. The summed E-state index contributed by atoms with van der Waals surface area (Å²) in [5.41, 5.74) is 1.11. The molecule has 0 aliphatic heterocycles. The zero-order valence-electron chi connectivity index (χ0n) is 20.6. The molecule has 0 aliphatic rings. The third-order valence-corrected chi connectivity index (χ3v) is 5.73. The Hall–Kier alpha value is -4.14. The minimum absolute atomic E-state index is 0.0532. The topological polar surface area (TPSA) is 72.8 Å². The van der Waals surface area contributed by atoms with Gasteiger partial charge in [0.25, 0.3) is 0 Å². The average molecular weight is 531 g/mol. The van der Waals surface area contributed by atoms with Gasteiger partial charge < -0.3 is 14.6 Å². The number of hydrogen-bond donors (Lipinski definition) is 1. The SMILES string of the molecule is C=CCOc1ccc(-c2ccc(C(=O)O)cc2-c2ccc(C(=O)OC(CCCC)C(F)(F)F)c(F)c2)cc1. The molecule has 3 rings (SSSR count). The molecule has 0 fully saturated rings. The standard InChI is InChI=1S/C29H26F4O5/c1-3-5-6-26(29(31,32)33)38-28(36)23-14-9-19(17-25(23)30)24-16-20(27(34)35)10-13-22(24)18-7-11-21(12-8-18)37-15-4-2/h4,7-14,16-17,26H,2-3,5-6,15H2,1H3,(H,34,35). The fraction of sp³-hybridized carbons (Fsp3) is 0.241. The van der Waals surface area contributed by atoms with Gasteiger partial charge in [-0.05, 0) is 71.5 Å². The Kier molecular flexibility index (Phi) is 9.28. The van der Waals surface area contributed by atoms with Crippen LogP contribution in [0.25, 0.3) is 22.3 Å². The average Bonchev–Trinajstić information content (AvgIpc) is 2.89. The summed E-state index contributed by atoms with van der Waals surface area (Å²) < 4.78 is 64.9. The minimum atomic E-state index is -4.78. The van der Waals surface area contributed by atoms with Gasteiger partial charge >= 0.3 is 18.1 Å². The highest BCUT2D eigenvalue weighted by Gasteiger charge is 2.42.